The van der Waals surface area contributed by atoms with Crippen molar-refractivity contribution >= 4 is 57.4 Å². The van der Waals surface area contributed by atoms with E-state index in [9.17, 15) is 0 Å². The van der Waals surface area contributed by atoms with Crippen molar-refractivity contribution in [3.63, 3.8) is 0 Å². The van der Waals surface area contributed by atoms with Crippen molar-refractivity contribution in [2.75, 3.05) is 10.2 Å². The number of aryl methyl sites for hydroxylation is 4. The monoisotopic (exact) mass is 871 g/mol. The molecule has 10 aromatic rings. The normalized spacial score (nSPS) is 13.1. The van der Waals surface area contributed by atoms with Gasteiger partial charge in [-0.15, -0.1) is 0 Å². The maximum atomic E-state index is 3.96. The Kier molecular flexibility index (Phi) is 9.88. The predicted molar refractivity (Wildman–Crippen MR) is 292 cm³/mol. The number of nitrogens with one attached hydrogen (secondary N) is 1. The summed E-state index contributed by atoms with van der Waals surface area (Å²) in [5.41, 5.74) is 27.9. The van der Waals surface area contributed by atoms with Gasteiger partial charge in [0.1, 0.15) is 0 Å². The quantitative estimate of drug-likeness (QED) is 0.161. The minimum absolute atomic E-state index is 0.160. The second kappa shape index (κ2) is 16.2. The van der Waals surface area contributed by atoms with Gasteiger partial charge in [-0.3, -0.25) is 0 Å². The lowest BCUT2D eigenvalue weighted by Crippen LogP contribution is -2.41. The third kappa shape index (κ3) is 6.96. The first-order valence-electron chi connectivity index (χ1n) is 23.9. The fraction of sp³-hybridized carbons (Fsp3) is 0.108. The van der Waals surface area contributed by atoms with Crippen LogP contribution in [0.15, 0.2) is 200 Å². The van der Waals surface area contributed by atoms with Crippen molar-refractivity contribution in [1.29, 1.82) is 0 Å². The Bertz CT molecular complexity index is 3600. The minimum atomic E-state index is -0.160. The molecule has 2 nitrogen and oxygen atoms in total. The molecule has 3 heteroatoms. The summed E-state index contributed by atoms with van der Waals surface area (Å²) in [7, 11) is 2.48. The number of hydrogen-bond acceptors (Lipinski definition) is 2. The van der Waals surface area contributed by atoms with Crippen LogP contribution in [-0.4, -0.2) is 7.28 Å². The Balaban J connectivity index is 1.13. The van der Waals surface area contributed by atoms with E-state index in [-0.39, 0.29) is 5.41 Å². The minimum Gasteiger partial charge on any atom is -0.355 e. The molecule has 0 saturated carbocycles. The number of fused-ring (bicyclic) bond motifs is 6. The van der Waals surface area contributed by atoms with Crippen molar-refractivity contribution in [3.8, 4) is 55.6 Å². The average molecular weight is 872 g/mol. The second-order valence-electron chi connectivity index (χ2n) is 19.5. The molecular weight excluding hydrogens is 820 g/mol. The zero-order valence-electron chi connectivity index (χ0n) is 39.6. The van der Waals surface area contributed by atoms with Gasteiger partial charge in [0.25, 0.3) is 0 Å². The highest BCUT2D eigenvalue weighted by Gasteiger charge is 2.39. The molecule has 1 heterocycles. The Morgan fingerprint density at radius 1 is 0.412 bits per heavy atom. The van der Waals surface area contributed by atoms with Crippen molar-refractivity contribution in [1.82, 2.24) is 0 Å². The summed E-state index contributed by atoms with van der Waals surface area (Å²) >= 11 is 0. The highest BCUT2D eigenvalue weighted by Crippen LogP contribution is 2.52. The van der Waals surface area contributed by atoms with Gasteiger partial charge in [-0.25, -0.2) is 0 Å². The van der Waals surface area contributed by atoms with Crippen LogP contribution in [0, 0.1) is 27.7 Å². The zero-order chi connectivity index (χ0) is 46.3. The first-order valence-corrected chi connectivity index (χ1v) is 23.9. The van der Waals surface area contributed by atoms with Crippen LogP contribution in [0.1, 0.15) is 47.2 Å². The second-order valence-corrected chi connectivity index (χ2v) is 19.5. The molecule has 2 aliphatic rings. The van der Waals surface area contributed by atoms with Crippen molar-refractivity contribution in [3.05, 3.63) is 234 Å². The molecule has 325 valence electrons. The summed E-state index contributed by atoms with van der Waals surface area (Å²) < 4.78 is 0. The van der Waals surface area contributed by atoms with Gasteiger partial charge in [0.05, 0.1) is 0 Å². The number of benzene rings is 10. The number of anilines is 5. The fourth-order valence-corrected chi connectivity index (χ4v) is 11.4. The topological polar surface area (TPSA) is 15.3 Å². The maximum absolute atomic E-state index is 3.96. The van der Waals surface area contributed by atoms with Gasteiger partial charge in [0.15, 0.2) is 7.28 Å². The lowest BCUT2D eigenvalue weighted by molar-refractivity contribution is 0.660. The van der Waals surface area contributed by atoms with E-state index in [4.69, 9.17) is 0 Å². The molecule has 0 amide bonds. The maximum Gasteiger partial charge on any atom is 0.197 e. The molecule has 68 heavy (non-hydrogen) atoms. The van der Waals surface area contributed by atoms with Crippen LogP contribution < -0.4 is 21.1 Å². The Hall–Kier alpha value is -7.88. The van der Waals surface area contributed by atoms with Crippen LogP contribution in [0.4, 0.5) is 28.4 Å². The van der Waals surface area contributed by atoms with Crippen molar-refractivity contribution < 1.29 is 0 Å². The number of nitrogens with zero attached hydrogens (tertiary/aromatic N) is 1. The molecule has 0 atom stereocenters. The first-order chi connectivity index (χ1) is 33.1. The lowest BCUT2D eigenvalue weighted by atomic mass is 9.57. The molecule has 1 aliphatic heterocycles. The zero-order valence-corrected chi connectivity index (χ0v) is 39.6. The Morgan fingerprint density at radius 3 is 1.74 bits per heavy atom. The summed E-state index contributed by atoms with van der Waals surface area (Å²) in [6, 6.07) is 74.3. The molecule has 1 aliphatic carbocycles. The summed E-state index contributed by atoms with van der Waals surface area (Å²) in [6.45, 7) is 13.8. The van der Waals surface area contributed by atoms with Crippen LogP contribution >= 0.6 is 0 Å². The molecule has 1 radical (unpaired) electrons. The van der Waals surface area contributed by atoms with Crippen LogP contribution in [-0.2, 0) is 5.41 Å². The van der Waals surface area contributed by atoms with Gasteiger partial charge < -0.3 is 10.2 Å². The molecule has 10 aromatic carbocycles. The van der Waals surface area contributed by atoms with E-state index in [0.29, 0.717) is 0 Å². The molecule has 0 saturated heterocycles. The molecule has 0 spiro atoms. The van der Waals surface area contributed by atoms with Crippen LogP contribution in [0.2, 0.25) is 0 Å². The summed E-state index contributed by atoms with van der Waals surface area (Å²) in [5, 5.41) is 6.35. The first kappa shape index (κ1) is 41.5. The lowest BCUT2D eigenvalue weighted by Gasteiger charge is -2.37. The van der Waals surface area contributed by atoms with E-state index in [1.54, 1.807) is 0 Å². The van der Waals surface area contributed by atoms with Crippen LogP contribution in [0.25, 0.3) is 66.4 Å². The Morgan fingerprint density at radius 2 is 1.03 bits per heavy atom. The van der Waals surface area contributed by atoms with E-state index in [1.807, 2.05) is 0 Å². The molecule has 0 aromatic heterocycles. The third-order valence-electron chi connectivity index (χ3n) is 14.6. The predicted octanol–water partition coefficient (Wildman–Crippen LogP) is 16.2. The SMILES string of the molecule is Cc1cc(C)c(-c2cc(-c3cc4ccccc4cc3Nc3ccc(-c4ccccc4)cc3)c3c(c2)N(c2ccc(-c4ccccc4)cc2C)c2cc4c(cc2[B]3)-c2ccccc2C4(C)C)c(C)c1. The third-order valence-corrected chi connectivity index (χ3v) is 14.6. The van der Waals surface area contributed by atoms with Crippen LogP contribution in [0.3, 0.4) is 0 Å². The summed E-state index contributed by atoms with van der Waals surface area (Å²) in [4.78, 5) is 2.58. The van der Waals surface area contributed by atoms with Crippen molar-refractivity contribution in [2.24, 2.45) is 0 Å². The van der Waals surface area contributed by atoms with Gasteiger partial charge in [-0.1, -0.05) is 170 Å². The van der Waals surface area contributed by atoms with Gasteiger partial charge in [-0.05, 0) is 176 Å². The van der Waals surface area contributed by atoms with Gasteiger partial charge in [-0.2, -0.15) is 0 Å². The van der Waals surface area contributed by atoms with Crippen molar-refractivity contribution in [2.45, 2.75) is 47.0 Å². The smallest absolute Gasteiger partial charge is 0.197 e. The highest BCUT2D eigenvalue weighted by atomic mass is 15.2. The molecule has 12 rings (SSSR count). The van der Waals surface area contributed by atoms with E-state index in [1.165, 1.54) is 122 Å². The molecular formula is C65H52BN2. The molecule has 0 fully saturated rings. The number of hydrogen-bond donors (Lipinski definition) is 1. The molecule has 0 bridgehead atoms. The van der Waals surface area contributed by atoms with E-state index < -0.39 is 0 Å². The average Bonchev–Trinajstić information content (AvgIpc) is 3.57. The highest BCUT2D eigenvalue weighted by molar-refractivity contribution is 6.73. The summed E-state index contributed by atoms with van der Waals surface area (Å²) in [6.07, 6.45) is 0. The number of rotatable bonds is 7. The van der Waals surface area contributed by atoms with E-state index >= 15 is 0 Å². The van der Waals surface area contributed by atoms with Gasteiger partial charge >= 0.3 is 0 Å². The molecule has 0 unspecified atom stereocenters. The molecule has 1 N–H and O–H groups in total. The van der Waals surface area contributed by atoms with Crippen LogP contribution in [0.5, 0.6) is 0 Å². The van der Waals surface area contributed by atoms with E-state index in [2.05, 4.69) is 259 Å². The summed E-state index contributed by atoms with van der Waals surface area (Å²) in [5.74, 6) is 0. The van der Waals surface area contributed by atoms with Gasteiger partial charge in [0.2, 0.25) is 0 Å². The Labute approximate surface area is 401 Å². The standard InChI is InChI=1S/C65H52BN2/c1-40-31-42(3)63(43(4)32-40)50-35-55(54-34-47-21-13-14-22-48(47)36-59(54)67-51-28-25-46(26-29-51)44-17-9-7-10-18-44)64-62(37-50)68(60-30-27-49(33-41(60)2)45-19-11-8-12-20-45)61-39-57-53(38-58(61)66-64)52-23-15-16-24-56(52)65(57,5)6/h7-39,67H,1-6H3. The fourth-order valence-electron chi connectivity index (χ4n) is 11.4. The van der Waals surface area contributed by atoms with Gasteiger partial charge in [0, 0.05) is 39.4 Å². The largest absolute Gasteiger partial charge is 0.355 e. The van der Waals surface area contributed by atoms with E-state index in [0.717, 1.165) is 16.9 Å².